The van der Waals surface area contributed by atoms with Gasteiger partial charge in [0.25, 0.3) is 5.56 Å². The average Bonchev–Trinajstić information content (AvgIpc) is 2.33. The number of unbranched alkanes of at least 4 members (excludes halogenated alkanes) is 3. The third-order valence-electron chi connectivity index (χ3n) is 2.97. The van der Waals surface area contributed by atoms with Crippen LogP contribution in [-0.4, -0.2) is 17.7 Å². The second-order valence-electron chi connectivity index (χ2n) is 4.65. The first-order valence-electron chi connectivity index (χ1n) is 6.72. The number of rotatable bonds is 8. The molecule has 1 N–H and O–H groups in total. The summed E-state index contributed by atoms with van der Waals surface area (Å²) in [5.41, 5.74) is 0.887. The maximum absolute atomic E-state index is 11.8. The number of hydrogen-bond donors (Lipinski definition) is 1. The fraction of sp³-hybridized carbons (Fsp3) is 0.643. The Morgan fingerprint density at radius 3 is 2.78 bits per heavy atom. The Bertz CT molecular complexity index is 415. The molecule has 0 unspecified atom stereocenters. The van der Waals surface area contributed by atoms with Crippen LogP contribution in [0.15, 0.2) is 21.5 Å². The molecule has 18 heavy (non-hydrogen) atoms. The second-order valence-corrected chi connectivity index (χ2v) is 5.57. The molecular formula is C14H23BrN2O. The van der Waals surface area contributed by atoms with Crippen molar-refractivity contribution in [1.82, 2.24) is 9.88 Å². The van der Waals surface area contributed by atoms with E-state index in [9.17, 15) is 4.79 Å². The van der Waals surface area contributed by atoms with Gasteiger partial charge in [0.2, 0.25) is 0 Å². The fourth-order valence-corrected chi connectivity index (χ4v) is 2.50. The molecule has 0 aliphatic rings. The van der Waals surface area contributed by atoms with Gasteiger partial charge >= 0.3 is 0 Å². The number of halogens is 1. The molecule has 0 aromatic carbocycles. The molecule has 0 saturated carbocycles. The van der Waals surface area contributed by atoms with E-state index in [0.29, 0.717) is 0 Å². The summed E-state index contributed by atoms with van der Waals surface area (Å²) >= 11 is 3.42. The minimum absolute atomic E-state index is 0.103. The average molecular weight is 315 g/mol. The van der Waals surface area contributed by atoms with Gasteiger partial charge in [-0.05, 0) is 41.9 Å². The van der Waals surface area contributed by atoms with E-state index in [1.165, 1.54) is 25.7 Å². The zero-order valence-electron chi connectivity index (χ0n) is 11.3. The number of aryl methyl sites for hydroxylation is 1. The van der Waals surface area contributed by atoms with Crippen LogP contribution in [0.5, 0.6) is 0 Å². The Hall–Kier alpha value is -0.610. The van der Waals surface area contributed by atoms with Crippen molar-refractivity contribution in [2.24, 2.45) is 0 Å². The highest BCUT2D eigenvalue weighted by Gasteiger charge is 2.01. The molecule has 0 spiro atoms. The molecule has 102 valence electrons. The van der Waals surface area contributed by atoms with Crippen LogP contribution in [0.1, 0.15) is 38.2 Å². The highest BCUT2D eigenvalue weighted by molar-refractivity contribution is 9.10. The van der Waals surface area contributed by atoms with E-state index < -0.39 is 0 Å². The van der Waals surface area contributed by atoms with Crippen molar-refractivity contribution >= 4 is 15.9 Å². The lowest BCUT2D eigenvalue weighted by Gasteiger charge is -2.09. The van der Waals surface area contributed by atoms with Gasteiger partial charge < -0.3 is 9.88 Å². The number of hydrogen-bond acceptors (Lipinski definition) is 2. The normalized spacial score (nSPS) is 10.8. The summed E-state index contributed by atoms with van der Waals surface area (Å²) in [7, 11) is 0. The summed E-state index contributed by atoms with van der Waals surface area (Å²) in [5.74, 6) is 0. The maximum atomic E-state index is 11.8. The SMILES string of the molecule is CCCCCCNCCn1cc(Br)cc(C)c1=O. The Kier molecular flexibility index (Phi) is 7.28. The van der Waals surface area contributed by atoms with Crippen molar-refractivity contribution in [1.29, 1.82) is 0 Å². The van der Waals surface area contributed by atoms with Gasteiger partial charge in [0.1, 0.15) is 0 Å². The van der Waals surface area contributed by atoms with Gasteiger partial charge in [-0.25, -0.2) is 0 Å². The van der Waals surface area contributed by atoms with Crippen molar-refractivity contribution in [3.05, 3.63) is 32.7 Å². The van der Waals surface area contributed by atoms with Gasteiger partial charge in [0.05, 0.1) is 0 Å². The standard InChI is InChI=1S/C14H23BrN2O/c1-3-4-5-6-7-16-8-9-17-11-13(15)10-12(2)14(17)18/h10-11,16H,3-9H2,1-2H3. The summed E-state index contributed by atoms with van der Waals surface area (Å²) < 4.78 is 2.72. The van der Waals surface area contributed by atoms with Gasteiger partial charge in [-0.2, -0.15) is 0 Å². The van der Waals surface area contributed by atoms with Crippen LogP contribution in [0.25, 0.3) is 0 Å². The van der Waals surface area contributed by atoms with Crippen LogP contribution >= 0.6 is 15.9 Å². The molecule has 1 aromatic rings. The van der Waals surface area contributed by atoms with E-state index >= 15 is 0 Å². The number of nitrogens with zero attached hydrogens (tertiary/aromatic N) is 1. The zero-order chi connectivity index (χ0) is 13.4. The summed E-state index contributed by atoms with van der Waals surface area (Å²) in [6.07, 6.45) is 6.95. The number of pyridine rings is 1. The van der Waals surface area contributed by atoms with E-state index in [0.717, 1.165) is 29.7 Å². The van der Waals surface area contributed by atoms with Gasteiger partial charge in [-0.1, -0.05) is 26.2 Å². The summed E-state index contributed by atoms with van der Waals surface area (Å²) in [6, 6.07) is 1.86. The monoisotopic (exact) mass is 314 g/mol. The molecule has 4 heteroatoms. The highest BCUT2D eigenvalue weighted by Crippen LogP contribution is 2.07. The van der Waals surface area contributed by atoms with Gasteiger partial charge in [0.15, 0.2) is 0 Å². The Labute approximate surface area is 118 Å². The van der Waals surface area contributed by atoms with E-state index in [2.05, 4.69) is 28.2 Å². The predicted octanol–water partition coefficient (Wildman–Crippen LogP) is 3.09. The van der Waals surface area contributed by atoms with Gasteiger partial charge in [0, 0.05) is 29.3 Å². The topological polar surface area (TPSA) is 34.0 Å². The largest absolute Gasteiger partial charge is 0.315 e. The first kappa shape index (κ1) is 15.4. The summed E-state index contributed by atoms with van der Waals surface area (Å²) in [5, 5.41) is 3.38. The molecule has 0 atom stereocenters. The Morgan fingerprint density at radius 1 is 1.28 bits per heavy atom. The number of nitrogens with one attached hydrogen (secondary N) is 1. The van der Waals surface area contributed by atoms with Crippen LogP contribution in [0.3, 0.4) is 0 Å². The van der Waals surface area contributed by atoms with E-state index in [1.807, 2.05) is 19.2 Å². The Morgan fingerprint density at radius 2 is 2.06 bits per heavy atom. The van der Waals surface area contributed by atoms with Crippen LogP contribution in [0, 0.1) is 6.92 Å². The molecule has 0 bridgehead atoms. The van der Waals surface area contributed by atoms with Crippen molar-refractivity contribution in [2.75, 3.05) is 13.1 Å². The van der Waals surface area contributed by atoms with E-state index in [1.54, 1.807) is 4.57 Å². The smallest absolute Gasteiger partial charge is 0.253 e. The van der Waals surface area contributed by atoms with Gasteiger partial charge in [-0.3, -0.25) is 4.79 Å². The van der Waals surface area contributed by atoms with Crippen molar-refractivity contribution in [3.8, 4) is 0 Å². The van der Waals surface area contributed by atoms with Crippen LogP contribution in [-0.2, 0) is 6.54 Å². The minimum Gasteiger partial charge on any atom is -0.315 e. The van der Waals surface area contributed by atoms with Crippen molar-refractivity contribution < 1.29 is 0 Å². The lowest BCUT2D eigenvalue weighted by molar-refractivity contribution is 0.553. The van der Waals surface area contributed by atoms with E-state index in [4.69, 9.17) is 0 Å². The number of aromatic nitrogens is 1. The molecule has 1 aromatic heterocycles. The lowest BCUT2D eigenvalue weighted by atomic mass is 10.2. The lowest BCUT2D eigenvalue weighted by Crippen LogP contribution is -2.28. The molecule has 0 fully saturated rings. The van der Waals surface area contributed by atoms with Crippen molar-refractivity contribution in [3.63, 3.8) is 0 Å². The molecule has 0 radical (unpaired) electrons. The first-order valence-corrected chi connectivity index (χ1v) is 7.51. The molecule has 1 heterocycles. The molecule has 1 rings (SSSR count). The summed E-state index contributed by atoms with van der Waals surface area (Å²) in [4.78, 5) is 11.8. The summed E-state index contributed by atoms with van der Waals surface area (Å²) in [6.45, 7) is 6.69. The van der Waals surface area contributed by atoms with Gasteiger partial charge in [-0.15, -0.1) is 0 Å². The molecule has 0 saturated heterocycles. The molecular weight excluding hydrogens is 292 g/mol. The molecule has 0 amide bonds. The maximum Gasteiger partial charge on any atom is 0.253 e. The highest BCUT2D eigenvalue weighted by atomic mass is 79.9. The fourth-order valence-electron chi connectivity index (χ4n) is 1.91. The Balaban J connectivity index is 2.29. The van der Waals surface area contributed by atoms with E-state index in [-0.39, 0.29) is 5.56 Å². The molecule has 3 nitrogen and oxygen atoms in total. The van der Waals surface area contributed by atoms with Crippen LogP contribution in [0.4, 0.5) is 0 Å². The quantitative estimate of drug-likeness (QED) is 0.748. The van der Waals surface area contributed by atoms with Crippen LogP contribution in [0.2, 0.25) is 0 Å². The second kappa shape index (κ2) is 8.48. The van der Waals surface area contributed by atoms with Crippen LogP contribution < -0.4 is 10.9 Å². The molecule has 0 aliphatic carbocycles. The first-order chi connectivity index (χ1) is 8.65. The third kappa shape index (κ3) is 5.36. The van der Waals surface area contributed by atoms with Crippen molar-refractivity contribution in [2.45, 2.75) is 46.1 Å². The molecule has 0 aliphatic heterocycles. The third-order valence-corrected chi connectivity index (χ3v) is 3.40. The zero-order valence-corrected chi connectivity index (χ0v) is 12.9. The predicted molar refractivity (Wildman–Crippen MR) is 80.2 cm³/mol. The minimum atomic E-state index is 0.103.